The second-order valence-electron chi connectivity index (χ2n) is 5.72. The van der Waals surface area contributed by atoms with E-state index in [0.717, 1.165) is 19.6 Å². The van der Waals surface area contributed by atoms with Crippen LogP contribution in [0.4, 0.5) is 4.79 Å². The number of nitrogens with zero attached hydrogens (tertiary/aromatic N) is 1. The predicted molar refractivity (Wildman–Crippen MR) is 62.3 cm³/mol. The van der Waals surface area contributed by atoms with E-state index in [1.165, 1.54) is 0 Å². The highest BCUT2D eigenvalue weighted by Gasteiger charge is 2.51. The van der Waals surface area contributed by atoms with Gasteiger partial charge in [0, 0.05) is 25.2 Å². The minimum atomic E-state index is -0.158. The van der Waals surface area contributed by atoms with E-state index in [1.807, 2.05) is 18.7 Å². The Labute approximate surface area is 97.3 Å². The molecular weight excluding hydrogens is 204 g/mol. The molecule has 0 aromatic rings. The Bertz CT molecular complexity index is 289. The first-order valence-electron chi connectivity index (χ1n) is 6.12. The van der Waals surface area contributed by atoms with Crippen molar-refractivity contribution >= 4 is 6.09 Å². The maximum Gasteiger partial charge on any atom is 0.410 e. The maximum absolute atomic E-state index is 12.0. The summed E-state index contributed by atoms with van der Waals surface area (Å²) in [7, 11) is 0. The average molecular weight is 226 g/mol. The topological polar surface area (TPSA) is 41.6 Å². The molecule has 0 saturated carbocycles. The van der Waals surface area contributed by atoms with Crippen molar-refractivity contribution in [3.8, 4) is 0 Å². The van der Waals surface area contributed by atoms with Gasteiger partial charge in [0.1, 0.15) is 0 Å². The summed E-state index contributed by atoms with van der Waals surface area (Å²) in [5.41, 5.74) is -0.0832. The van der Waals surface area contributed by atoms with E-state index < -0.39 is 0 Å². The van der Waals surface area contributed by atoms with Crippen LogP contribution in [0.1, 0.15) is 27.7 Å². The van der Waals surface area contributed by atoms with E-state index >= 15 is 0 Å². The molecule has 0 aliphatic carbocycles. The molecule has 0 aromatic heterocycles. The quantitative estimate of drug-likeness (QED) is 0.736. The average Bonchev–Trinajstić information content (AvgIpc) is 2.67. The van der Waals surface area contributed by atoms with Crippen molar-refractivity contribution in [3.63, 3.8) is 0 Å². The van der Waals surface area contributed by atoms with Crippen LogP contribution in [0.25, 0.3) is 0 Å². The molecule has 2 rings (SSSR count). The molecule has 16 heavy (non-hydrogen) atoms. The van der Waals surface area contributed by atoms with Gasteiger partial charge < -0.3 is 15.0 Å². The number of hydrogen-bond donors (Lipinski definition) is 1. The van der Waals surface area contributed by atoms with Crippen molar-refractivity contribution < 1.29 is 9.53 Å². The molecule has 2 fully saturated rings. The molecule has 92 valence electrons. The van der Waals surface area contributed by atoms with Gasteiger partial charge in [0.15, 0.2) is 0 Å². The van der Waals surface area contributed by atoms with E-state index in [9.17, 15) is 4.79 Å². The van der Waals surface area contributed by atoms with Crippen LogP contribution in [-0.4, -0.2) is 42.3 Å². The van der Waals surface area contributed by atoms with Gasteiger partial charge in [0.2, 0.25) is 0 Å². The maximum atomic E-state index is 12.0. The minimum Gasteiger partial charge on any atom is -0.447 e. The fourth-order valence-corrected chi connectivity index (χ4v) is 3.00. The van der Waals surface area contributed by atoms with Gasteiger partial charge in [-0.15, -0.1) is 0 Å². The van der Waals surface area contributed by atoms with Crippen LogP contribution >= 0.6 is 0 Å². The normalized spacial score (nSPS) is 31.9. The molecule has 2 heterocycles. The molecule has 2 aliphatic heterocycles. The van der Waals surface area contributed by atoms with Gasteiger partial charge in [-0.05, 0) is 39.5 Å². The SMILES string of the molecule is CC(C)OC(=O)N1CC2CNCC2C1(C)C. The Morgan fingerprint density at radius 2 is 2.12 bits per heavy atom. The number of fused-ring (bicyclic) bond motifs is 1. The van der Waals surface area contributed by atoms with Crippen molar-refractivity contribution in [1.82, 2.24) is 10.2 Å². The van der Waals surface area contributed by atoms with E-state index in [2.05, 4.69) is 19.2 Å². The minimum absolute atomic E-state index is 0.0399. The summed E-state index contributed by atoms with van der Waals surface area (Å²) >= 11 is 0. The molecule has 2 saturated heterocycles. The summed E-state index contributed by atoms with van der Waals surface area (Å²) in [6.07, 6.45) is -0.198. The third-order valence-corrected chi connectivity index (χ3v) is 3.92. The zero-order valence-electron chi connectivity index (χ0n) is 10.6. The number of carbonyl (C=O) groups is 1. The molecule has 1 amide bonds. The monoisotopic (exact) mass is 226 g/mol. The van der Waals surface area contributed by atoms with Crippen molar-refractivity contribution in [2.75, 3.05) is 19.6 Å². The van der Waals surface area contributed by atoms with Gasteiger partial charge in [-0.25, -0.2) is 4.79 Å². The molecule has 0 aromatic carbocycles. The number of rotatable bonds is 1. The zero-order chi connectivity index (χ0) is 11.9. The van der Waals surface area contributed by atoms with Crippen LogP contribution in [0, 0.1) is 11.8 Å². The van der Waals surface area contributed by atoms with Crippen LogP contribution in [0.15, 0.2) is 0 Å². The fraction of sp³-hybridized carbons (Fsp3) is 0.917. The Balaban J connectivity index is 2.09. The largest absolute Gasteiger partial charge is 0.447 e. The van der Waals surface area contributed by atoms with E-state index in [0.29, 0.717) is 11.8 Å². The van der Waals surface area contributed by atoms with Crippen LogP contribution in [0.5, 0.6) is 0 Å². The first kappa shape index (κ1) is 11.7. The Morgan fingerprint density at radius 3 is 2.69 bits per heavy atom. The number of ether oxygens (including phenoxy) is 1. The number of likely N-dealkylation sites (tertiary alicyclic amines) is 1. The standard InChI is InChI=1S/C12H22N2O2/c1-8(2)16-11(15)14-7-9-5-13-6-10(9)12(14,3)4/h8-10,13H,5-7H2,1-4H3. The van der Waals surface area contributed by atoms with Gasteiger partial charge in [0.05, 0.1) is 6.10 Å². The lowest BCUT2D eigenvalue weighted by Gasteiger charge is -2.35. The third kappa shape index (κ3) is 1.79. The number of amides is 1. The predicted octanol–water partition coefficient (Wildman–Crippen LogP) is 1.46. The molecule has 2 aliphatic rings. The van der Waals surface area contributed by atoms with Crippen molar-refractivity contribution in [3.05, 3.63) is 0 Å². The van der Waals surface area contributed by atoms with Gasteiger partial charge in [-0.3, -0.25) is 0 Å². The summed E-state index contributed by atoms with van der Waals surface area (Å²) < 4.78 is 5.30. The molecule has 0 bridgehead atoms. The molecule has 0 spiro atoms. The highest BCUT2D eigenvalue weighted by Crippen LogP contribution is 2.40. The van der Waals surface area contributed by atoms with Crippen molar-refractivity contribution in [2.45, 2.75) is 39.3 Å². The van der Waals surface area contributed by atoms with Crippen molar-refractivity contribution in [2.24, 2.45) is 11.8 Å². The molecular formula is C12H22N2O2. The smallest absolute Gasteiger partial charge is 0.410 e. The fourth-order valence-electron chi connectivity index (χ4n) is 3.00. The van der Waals surface area contributed by atoms with Crippen molar-refractivity contribution in [1.29, 1.82) is 0 Å². The number of nitrogens with one attached hydrogen (secondary N) is 1. The van der Waals surface area contributed by atoms with Gasteiger partial charge >= 0.3 is 6.09 Å². The third-order valence-electron chi connectivity index (χ3n) is 3.92. The lowest BCUT2D eigenvalue weighted by molar-refractivity contribution is 0.0514. The van der Waals surface area contributed by atoms with E-state index in [1.54, 1.807) is 0 Å². The Kier molecular flexibility index (Phi) is 2.86. The summed E-state index contributed by atoms with van der Waals surface area (Å²) in [4.78, 5) is 13.9. The van der Waals surface area contributed by atoms with E-state index in [4.69, 9.17) is 4.74 Å². The van der Waals surface area contributed by atoms with Gasteiger partial charge in [-0.1, -0.05) is 0 Å². The molecule has 4 nitrogen and oxygen atoms in total. The van der Waals surface area contributed by atoms with Crippen LogP contribution in [-0.2, 0) is 4.74 Å². The zero-order valence-corrected chi connectivity index (χ0v) is 10.6. The molecule has 2 unspecified atom stereocenters. The van der Waals surface area contributed by atoms with E-state index in [-0.39, 0.29) is 17.7 Å². The lowest BCUT2D eigenvalue weighted by atomic mass is 9.85. The molecule has 0 radical (unpaired) electrons. The first-order valence-corrected chi connectivity index (χ1v) is 6.12. The van der Waals surface area contributed by atoms with Gasteiger partial charge in [-0.2, -0.15) is 0 Å². The highest BCUT2D eigenvalue weighted by molar-refractivity contribution is 5.69. The second kappa shape index (κ2) is 3.91. The molecule has 4 heteroatoms. The van der Waals surface area contributed by atoms with Gasteiger partial charge in [0.25, 0.3) is 0 Å². The molecule has 1 N–H and O–H groups in total. The lowest BCUT2D eigenvalue weighted by Crippen LogP contribution is -2.48. The van der Waals surface area contributed by atoms with Crippen LogP contribution < -0.4 is 5.32 Å². The Hall–Kier alpha value is -0.770. The number of hydrogen-bond acceptors (Lipinski definition) is 3. The summed E-state index contributed by atoms with van der Waals surface area (Å²) in [5.74, 6) is 1.15. The molecule has 2 atom stereocenters. The second-order valence-corrected chi connectivity index (χ2v) is 5.72. The summed E-state index contributed by atoms with van der Waals surface area (Å²) in [5, 5.41) is 3.40. The van der Waals surface area contributed by atoms with Crippen LogP contribution in [0.2, 0.25) is 0 Å². The first-order chi connectivity index (χ1) is 7.43. The summed E-state index contributed by atoms with van der Waals surface area (Å²) in [6.45, 7) is 10.9. The Morgan fingerprint density at radius 1 is 1.44 bits per heavy atom. The number of carbonyl (C=O) groups excluding carboxylic acids is 1. The highest BCUT2D eigenvalue weighted by atomic mass is 16.6. The summed E-state index contributed by atoms with van der Waals surface area (Å²) in [6, 6.07) is 0. The van der Waals surface area contributed by atoms with Crippen LogP contribution in [0.3, 0.4) is 0 Å².